The molecule has 2 saturated heterocycles. The molecule has 3 atom stereocenters. The van der Waals surface area contributed by atoms with Gasteiger partial charge in [-0.05, 0) is 48.2 Å². The number of likely N-dealkylation sites (tertiary alicyclic amines) is 2. The topological polar surface area (TPSA) is 204 Å². The highest BCUT2D eigenvalue weighted by Gasteiger charge is 2.42. The summed E-state index contributed by atoms with van der Waals surface area (Å²) < 4.78 is 10.4. The summed E-state index contributed by atoms with van der Waals surface area (Å²) in [7, 11) is 0. The van der Waals surface area contributed by atoms with Crippen molar-refractivity contribution >= 4 is 48.0 Å². The minimum Gasteiger partial charge on any atom is -0.445 e. The Hall–Kier alpha value is -4.93. The van der Waals surface area contributed by atoms with Gasteiger partial charge in [0.25, 0.3) is 11.4 Å². The number of benzene rings is 2. The maximum atomic E-state index is 13.3. The maximum absolute atomic E-state index is 13.3. The molecule has 240 valence electrons. The van der Waals surface area contributed by atoms with Crippen molar-refractivity contribution in [3.05, 3.63) is 79.9 Å². The van der Waals surface area contributed by atoms with E-state index >= 15 is 0 Å². The minimum atomic E-state index is -0.771. The fourth-order valence-corrected chi connectivity index (χ4v) is 5.35. The van der Waals surface area contributed by atoms with Crippen LogP contribution in [0.5, 0.6) is 0 Å². The van der Waals surface area contributed by atoms with E-state index in [0.29, 0.717) is 30.5 Å². The van der Waals surface area contributed by atoms with Crippen LogP contribution in [0.15, 0.2) is 48.5 Å². The number of ether oxygens (including phenoxy) is 2. The Morgan fingerprint density at radius 2 is 1.47 bits per heavy atom. The smallest absolute Gasteiger partial charge is 0.410 e. The lowest BCUT2D eigenvalue weighted by molar-refractivity contribution is -0.385. The molecule has 2 heterocycles. The zero-order valence-electron chi connectivity index (χ0n) is 24.0. The van der Waals surface area contributed by atoms with Gasteiger partial charge < -0.3 is 25.0 Å². The van der Waals surface area contributed by atoms with Crippen molar-refractivity contribution in [2.24, 2.45) is 0 Å². The number of thiol groups is 1. The van der Waals surface area contributed by atoms with Crippen LogP contribution in [0.2, 0.25) is 0 Å². The van der Waals surface area contributed by atoms with E-state index in [9.17, 15) is 39.4 Å². The van der Waals surface area contributed by atoms with Gasteiger partial charge in [-0.1, -0.05) is 0 Å². The van der Waals surface area contributed by atoms with Crippen molar-refractivity contribution in [3.8, 4) is 0 Å². The lowest BCUT2D eigenvalue weighted by atomic mass is 10.2. The number of non-ortho nitro benzene ring substituents is 2. The van der Waals surface area contributed by atoms with E-state index < -0.39 is 28.1 Å². The highest BCUT2D eigenvalue weighted by Crippen LogP contribution is 2.26. The van der Waals surface area contributed by atoms with Gasteiger partial charge in [0.1, 0.15) is 19.3 Å². The molecule has 2 aliphatic rings. The van der Waals surface area contributed by atoms with Crippen LogP contribution in [0.1, 0.15) is 30.4 Å². The molecule has 0 aliphatic carbocycles. The van der Waals surface area contributed by atoms with Crippen molar-refractivity contribution in [2.45, 2.75) is 49.8 Å². The SMILES string of the molecule is O=C(CCNC(=O)OCc1ccc([N+](=O)[O-])cc1)N[C@H]1CCN(C(=O)[C@@H]2C[C@H](S)CN2C(=O)OCc2ccc([N+](=O)[O-])cc2)C1. The van der Waals surface area contributed by atoms with Gasteiger partial charge >= 0.3 is 12.2 Å². The zero-order chi connectivity index (χ0) is 32.5. The molecule has 0 aromatic heterocycles. The summed E-state index contributed by atoms with van der Waals surface area (Å²) in [6, 6.07) is 10.1. The van der Waals surface area contributed by atoms with Crippen LogP contribution < -0.4 is 10.6 Å². The molecule has 2 aliphatic heterocycles. The van der Waals surface area contributed by atoms with E-state index in [1.165, 1.54) is 53.4 Å². The average Bonchev–Trinajstić information content (AvgIpc) is 3.65. The molecule has 17 heteroatoms. The first-order chi connectivity index (χ1) is 21.5. The van der Waals surface area contributed by atoms with E-state index in [1.54, 1.807) is 4.90 Å². The largest absolute Gasteiger partial charge is 0.445 e. The van der Waals surface area contributed by atoms with Crippen molar-refractivity contribution in [2.75, 3.05) is 26.2 Å². The molecule has 0 saturated carbocycles. The first-order valence-electron chi connectivity index (χ1n) is 14.1. The van der Waals surface area contributed by atoms with Crippen molar-refractivity contribution in [1.82, 2.24) is 20.4 Å². The number of rotatable bonds is 11. The monoisotopic (exact) mass is 644 g/mol. The van der Waals surface area contributed by atoms with Crippen LogP contribution in [-0.4, -0.2) is 87.2 Å². The van der Waals surface area contributed by atoms with Crippen LogP contribution in [0.4, 0.5) is 21.0 Å². The van der Waals surface area contributed by atoms with E-state index in [4.69, 9.17) is 9.47 Å². The molecule has 0 unspecified atom stereocenters. The van der Waals surface area contributed by atoms with Gasteiger partial charge in [0, 0.05) is 68.2 Å². The number of carbonyl (C=O) groups is 4. The van der Waals surface area contributed by atoms with Crippen molar-refractivity contribution in [1.29, 1.82) is 0 Å². The number of amides is 4. The third-order valence-corrected chi connectivity index (χ3v) is 7.69. The van der Waals surface area contributed by atoms with Gasteiger partial charge in [-0.15, -0.1) is 0 Å². The highest BCUT2D eigenvalue weighted by molar-refractivity contribution is 7.81. The molecule has 0 radical (unpaired) electrons. The normalized spacial score (nSPS) is 19.1. The molecule has 2 N–H and O–H groups in total. The van der Waals surface area contributed by atoms with Gasteiger partial charge in [-0.2, -0.15) is 12.6 Å². The second-order valence-electron chi connectivity index (χ2n) is 10.5. The van der Waals surface area contributed by atoms with Crippen LogP contribution >= 0.6 is 12.6 Å². The van der Waals surface area contributed by atoms with Gasteiger partial charge in [-0.3, -0.25) is 34.7 Å². The zero-order valence-corrected chi connectivity index (χ0v) is 24.9. The van der Waals surface area contributed by atoms with Gasteiger partial charge in [-0.25, -0.2) is 9.59 Å². The number of nitro benzene ring substituents is 2. The molecule has 2 aromatic rings. The summed E-state index contributed by atoms with van der Waals surface area (Å²) in [5, 5.41) is 26.6. The molecule has 0 spiro atoms. The molecule has 2 aromatic carbocycles. The Bertz CT molecular complexity index is 1420. The number of carbonyl (C=O) groups excluding carboxylic acids is 4. The Kier molecular flexibility index (Phi) is 11.1. The van der Waals surface area contributed by atoms with Crippen LogP contribution in [-0.2, 0) is 32.3 Å². The Morgan fingerprint density at radius 3 is 2.04 bits per heavy atom. The lowest BCUT2D eigenvalue weighted by Gasteiger charge is -2.27. The Balaban J connectivity index is 1.16. The maximum Gasteiger partial charge on any atom is 0.410 e. The summed E-state index contributed by atoms with van der Waals surface area (Å²) in [5.41, 5.74) is 0.974. The number of hydrogen-bond donors (Lipinski definition) is 3. The third kappa shape index (κ3) is 9.28. The number of nitro groups is 2. The molecule has 16 nitrogen and oxygen atoms in total. The summed E-state index contributed by atoms with van der Waals surface area (Å²) in [6.45, 7) is 0.672. The molecule has 0 bridgehead atoms. The minimum absolute atomic E-state index is 0.0165. The van der Waals surface area contributed by atoms with Gasteiger partial charge in [0.15, 0.2) is 0 Å². The number of nitrogens with one attached hydrogen (secondary N) is 2. The Morgan fingerprint density at radius 1 is 0.889 bits per heavy atom. The van der Waals surface area contributed by atoms with Gasteiger partial charge in [0.2, 0.25) is 11.8 Å². The van der Waals surface area contributed by atoms with Crippen LogP contribution in [0, 0.1) is 20.2 Å². The fourth-order valence-electron chi connectivity index (χ4n) is 4.97. The van der Waals surface area contributed by atoms with E-state index in [0.717, 1.165) is 0 Å². The first-order valence-corrected chi connectivity index (χ1v) is 14.6. The fraction of sp³-hybridized carbons (Fsp3) is 0.429. The van der Waals surface area contributed by atoms with Crippen LogP contribution in [0.3, 0.4) is 0 Å². The van der Waals surface area contributed by atoms with Crippen molar-refractivity contribution < 1.29 is 38.5 Å². The van der Waals surface area contributed by atoms with E-state index in [1.807, 2.05) is 0 Å². The second kappa shape index (κ2) is 15.2. The predicted octanol–water partition coefficient (Wildman–Crippen LogP) is 2.55. The van der Waals surface area contributed by atoms with E-state index in [2.05, 4.69) is 23.3 Å². The number of hydrogen-bond acceptors (Lipinski definition) is 11. The quantitative estimate of drug-likeness (QED) is 0.185. The molecule has 45 heavy (non-hydrogen) atoms. The second-order valence-corrected chi connectivity index (χ2v) is 11.3. The van der Waals surface area contributed by atoms with Crippen molar-refractivity contribution in [3.63, 3.8) is 0 Å². The predicted molar refractivity (Wildman–Crippen MR) is 160 cm³/mol. The molecular formula is C28H32N6O10S. The van der Waals surface area contributed by atoms with Gasteiger partial charge in [0.05, 0.1) is 9.85 Å². The highest BCUT2D eigenvalue weighted by atomic mass is 32.1. The number of nitrogens with zero attached hydrogens (tertiary/aromatic N) is 4. The first kappa shape index (κ1) is 33.0. The number of alkyl carbamates (subject to hydrolysis) is 1. The molecule has 4 amide bonds. The molecule has 2 fully saturated rings. The Labute approximate surface area is 262 Å². The lowest BCUT2D eigenvalue weighted by Crippen LogP contribution is -2.48. The summed E-state index contributed by atoms with van der Waals surface area (Å²) in [5.74, 6) is -0.592. The summed E-state index contributed by atoms with van der Waals surface area (Å²) in [4.78, 5) is 74.0. The summed E-state index contributed by atoms with van der Waals surface area (Å²) >= 11 is 4.46. The average molecular weight is 645 g/mol. The molecule has 4 rings (SSSR count). The summed E-state index contributed by atoms with van der Waals surface area (Å²) in [6.07, 6.45) is -0.590. The molecular weight excluding hydrogens is 612 g/mol. The van der Waals surface area contributed by atoms with Crippen LogP contribution in [0.25, 0.3) is 0 Å². The third-order valence-electron chi connectivity index (χ3n) is 7.31. The standard InChI is InChI=1S/C28H32N6O10S/c35-25(9-11-29-27(37)43-16-18-1-5-21(6-2-18)33(39)40)30-20-10-12-31(14-20)26(36)24-13-23(45)15-32(24)28(38)44-17-19-3-7-22(8-4-19)34(41)42/h1-8,20,23-24,45H,9-17H2,(H,29,37)(H,30,35)/t20-,23-,24-/m0/s1. The van der Waals surface area contributed by atoms with E-state index in [-0.39, 0.29) is 73.7 Å².